The predicted molar refractivity (Wildman–Crippen MR) is 131 cm³/mol. The maximum Gasteiger partial charge on any atom is 0.257 e. The van der Waals surface area contributed by atoms with Gasteiger partial charge in [-0.3, -0.25) is 19.9 Å². The summed E-state index contributed by atoms with van der Waals surface area (Å²) in [5, 5.41) is 5.74. The number of thiazole rings is 1. The van der Waals surface area contributed by atoms with E-state index in [1.54, 1.807) is 30.5 Å². The van der Waals surface area contributed by atoms with Gasteiger partial charge in [-0.25, -0.2) is 4.98 Å². The van der Waals surface area contributed by atoms with Crippen LogP contribution in [-0.4, -0.2) is 15.9 Å². The molecular formula is C26H19N3O3S. The lowest BCUT2D eigenvalue weighted by atomic mass is 10.1. The number of pyridine rings is 1. The molecule has 6 nitrogen and oxygen atoms in total. The molecule has 0 atom stereocenters. The Hall–Kier alpha value is -4.10. The van der Waals surface area contributed by atoms with E-state index in [1.807, 2.05) is 49.6 Å². The molecule has 0 aliphatic rings. The highest BCUT2D eigenvalue weighted by atomic mass is 32.1. The number of amides is 1. The van der Waals surface area contributed by atoms with Crippen LogP contribution in [0.4, 0.5) is 5.13 Å². The van der Waals surface area contributed by atoms with Crippen molar-refractivity contribution >= 4 is 33.3 Å². The molecule has 0 radical (unpaired) electrons. The predicted octanol–water partition coefficient (Wildman–Crippen LogP) is 5.85. The first-order valence-corrected chi connectivity index (χ1v) is 11.2. The van der Waals surface area contributed by atoms with Gasteiger partial charge in [-0.1, -0.05) is 24.3 Å². The van der Waals surface area contributed by atoms with Crippen LogP contribution in [0.1, 0.15) is 21.5 Å². The lowest BCUT2D eigenvalue weighted by Crippen LogP contribution is -2.11. The fraction of sp³-hybridized carbons (Fsp3) is 0.0769. The van der Waals surface area contributed by atoms with Crippen LogP contribution in [0.2, 0.25) is 0 Å². The van der Waals surface area contributed by atoms with Crippen molar-refractivity contribution in [2.75, 3.05) is 5.32 Å². The van der Waals surface area contributed by atoms with Crippen molar-refractivity contribution in [2.45, 2.75) is 13.8 Å². The number of carbonyl (C=O) groups excluding carboxylic acids is 1. The number of aromatic nitrogens is 2. The Morgan fingerprint density at radius 3 is 2.58 bits per heavy atom. The second-order valence-corrected chi connectivity index (χ2v) is 8.58. The van der Waals surface area contributed by atoms with Crippen molar-refractivity contribution in [3.63, 3.8) is 0 Å². The van der Waals surface area contributed by atoms with Gasteiger partial charge in [0.05, 0.1) is 11.1 Å². The van der Waals surface area contributed by atoms with E-state index in [4.69, 9.17) is 4.42 Å². The molecule has 0 unspecified atom stereocenters. The second kappa shape index (κ2) is 8.44. The lowest BCUT2D eigenvalue weighted by molar-refractivity contribution is 0.102. The third kappa shape index (κ3) is 4.18. The largest absolute Gasteiger partial charge is 0.456 e. The first-order chi connectivity index (χ1) is 16.0. The molecule has 0 fully saturated rings. The number of hydrogen-bond donors (Lipinski definition) is 1. The van der Waals surface area contributed by atoms with Gasteiger partial charge >= 0.3 is 0 Å². The van der Waals surface area contributed by atoms with Crippen LogP contribution in [0, 0.1) is 13.8 Å². The lowest BCUT2D eigenvalue weighted by Gasteiger charge is -2.07. The zero-order valence-electron chi connectivity index (χ0n) is 18.0. The Labute approximate surface area is 193 Å². The van der Waals surface area contributed by atoms with Gasteiger partial charge in [-0.15, -0.1) is 11.3 Å². The van der Waals surface area contributed by atoms with Crippen molar-refractivity contribution in [1.82, 2.24) is 9.97 Å². The Balaban J connectivity index is 1.37. The topological polar surface area (TPSA) is 85.1 Å². The number of nitrogens with zero attached hydrogens (tertiary/aromatic N) is 2. The average molecular weight is 454 g/mol. The normalized spacial score (nSPS) is 11.0. The summed E-state index contributed by atoms with van der Waals surface area (Å²) in [7, 11) is 0. The van der Waals surface area contributed by atoms with E-state index in [1.165, 1.54) is 17.4 Å². The van der Waals surface area contributed by atoms with E-state index < -0.39 is 0 Å². The average Bonchev–Trinajstić information content (AvgIpc) is 3.29. The van der Waals surface area contributed by atoms with E-state index in [0.717, 1.165) is 22.4 Å². The number of hydrogen-bond acceptors (Lipinski definition) is 6. The van der Waals surface area contributed by atoms with Crippen LogP contribution in [0.15, 0.2) is 81.5 Å². The molecule has 1 amide bonds. The van der Waals surface area contributed by atoms with Crippen LogP contribution in [0.5, 0.6) is 0 Å². The van der Waals surface area contributed by atoms with Gasteiger partial charge in [-0.05, 0) is 55.3 Å². The number of aryl methyl sites for hydroxylation is 2. The third-order valence-corrected chi connectivity index (χ3v) is 6.00. The van der Waals surface area contributed by atoms with Crippen LogP contribution in [0.3, 0.4) is 0 Å². The van der Waals surface area contributed by atoms with Crippen LogP contribution >= 0.6 is 11.3 Å². The summed E-state index contributed by atoms with van der Waals surface area (Å²) in [6.45, 7) is 3.88. The summed E-state index contributed by atoms with van der Waals surface area (Å²) < 4.78 is 6.04. The van der Waals surface area contributed by atoms with Gasteiger partial charge in [0.1, 0.15) is 17.0 Å². The Morgan fingerprint density at radius 2 is 1.82 bits per heavy atom. The Kier molecular flexibility index (Phi) is 5.32. The number of rotatable bonds is 4. The van der Waals surface area contributed by atoms with E-state index in [-0.39, 0.29) is 11.3 Å². The first kappa shape index (κ1) is 20.8. The number of benzene rings is 2. The molecule has 2 aromatic carbocycles. The van der Waals surface area contributed by atoms with Crippen molar-refractivity contribution in [2.24, 2.45) is 0 Å². The quantitative estimate of drug-likeness (QED) is 0.369. The summed E-state index contributed by atoms with van der Waals surface area (Å²) in [5.41, 5.74) is 5.07. The monoisotopic (exact) mass is 453 g/mol. The van der Waals surface area contributed by atoms with Gasteiger partial charge in [0, 0.05) is 28.8 Å². The van der Waals surface area contributed by atoms with Crippen LogP contribution < -0.4 is 10.7 Å². The molecule has 7 heteroatoms. The molecule has 5 rings (SSSR count). The van der Waals surface area contributed by atoms with Gasteiger partial charge in [0.2, 0.25) is 0 Å². The SMILES string of the molecule is Cc1cc(C)c2oc(-c3ccc(C(=O)Nc4nc(-c5ccccn5)cs4)cc3)cc(=O)c2c1. The van der Waals surface area contributed by atoms with E-state index in [2.05, 4.69) is 15.3 Å². The molecule has 0 spiro atoms. The van der Waals surface area contributed by atoms with Gasteiger partial charge in [0.15, 0.2) is 10.6 Å². The number of carbonyl (C=O) groups is 1. The zero-order chi connectivity index (χ0) is 22.9. The summed E-state index contributed by atoms with van der Waals surface area (Å²) in [4.78, 5) is 34.0. The highest BCUT2D eigenvalue weighted by Crippen LogP contribution is 2.26. The molecule has 0 saturated carbocycles. The van der Waals surface area contributed by atoms with Crippen molar-refractivity contribution < 1.29 is 9.21 Å². The molecule has 1 N–H and O–H groups in total. The molecule has 0 aliphatic carbocycles. The van der Waals surface area contributed by atoms with E-state index in [0.29, 0.717) is 33.1 Å². The molecule has 33 heavy (non-hydrogen) atoms. The van der Waals surface area contributed by atoms with E-state index in [9.17, 15) is 9.59 Å². The minimum atomic E-state index is -0.269. The smallest absolute Gasteiger partial charge is 0.257 e. The Morgan fingerprint density at radius 1 is 1.00 bits per heavy atom. The molecule has 162 valence electrons. The minimum absolute atomic E-state index is 0.0904. The minimum Gasteiger partial charge on any atom is -0.456 e. The molecule has 5 aromatic rings. The van der Waals surface area contributed by atoms with Crippen LogP contribution in [0.25, 0.3) is 33.7 Å². The maximum absolute atomic E-state index is 12.7. The Bertz CT molecular complexity index is 1540. The van der Waals surface area contributed by atoms with Crippen molar-refractivity contribution in [3.05, 3.63) is 99.2 Å². The first-order valence-electron chi connectivity index (χ1n) is 10.3. The van der Waals surface area contributed by atoms with Crippen molar-refractivity contribution in [3.8, 4) is 22.7 Å². The highest BCUT2D eigenvalue weighted by molar-refractivity contribution is 7.14. The van der Waals surface area contributed by atoms with E-state index >= 15 is 0 Å². The zero-order valence-corrected chi connectivity index (χ0v) is 18.8. The summed E-state index contributed by atoms with van der Waals surface area (Å²) in [6.07, 6.45) is 1.70. The van der Waals surface area contributed by atoms with Gasteiger partial charge < -0.3 is 4.42 Å². The fourth-order valence-corrected chi connectivity index (χ4v) is 4.37. The molecule has 0 saturated heterocycles. The molecular weight excluding hydrogens is 434 g/mol. The van der Waals surface area contributed by atoms with Gasteiger partial charge in [0.25, 0.3) is 5.91 Å². The summed E-state index contributed by atoms with van der Waals surface area (Å²) >= 11 is 1.34. The summed E-state index contributed by atoms with van der Waals surface area (Å²) in [6, 6.07) is 17.8. The van der Waals surface area contributed by atoms with Crippen LogP contribution in [-0.2, 0) is 0 Å². The second-order valence-electron chi connectivity index (χ2n) is 7.72. The third-order valence-electron chi connectivity index (χ3n) is 5.24. The molecule has 3 heterocycles. The maximum atomic E-state index is 12.7. The van der Waals surface area contributed by atoms with Gasteiger partial charge in [-0.2, -0.15) is 0 Å². The summed E-state index contributed by atoms with van der Waals surface area (Å²) in [5.74, 6) is 0.195. The standard InChI is InChI=1S/C26H19N3O3S/c1-15-11-16(2)24-19(12-15)22(30)13-23(32-24)17-6-8-18(9-7-17)25(31)29-26-28-21(14-33-26)20-5-3-4-10-27-20/h3-14H,1-2H3,(H,28,29,31). The molecule has 0 bridgehead atoms. The highest BCUT2D eigenvalue weighted by Gasteiger charge is 2.13. The molecule has 3 aromatic heterocycles. The number of anilines is 1. The van der Waals surface area contributed by atoms with Crippen molar-refractivity contribution in [1.29, 1.82) is 0 Å². The fourth-order valence-electron chi connectivity index (χ4n) is 3.67. The number of nitrogens with one attached hydrogen (secondary N) is 1. The molecule has 0 aliphatic heterocycles. The number of fused-ring (bicyclic) bond motifs is 1.